The molecule has 2 bridgehead atoms. The van der Waals surface area contributed by atoms with Crippen LogP contribution in [-0.2, 0) is 13.5 Å². The molecule has 2 aromatic carbocycles. The number of nitrogens with zero attached hydrogens (tertiary/aromatic N) is 6. The lowest BCUT2D eigenvalue weighted by Gasteiger charge is -2.45. The Morgan fingerprint density at radius 1 is 1.03 bits per heavy atom. The molecule has 0 N–H and O–H groups in total. The fourth-order valence-corrected chi connectivity index (χ4v) is 5.70. The van der Waals surface area contributed by atoms with E-state index < -0.39 is 17.5 Å². The van der Waals surface area contributed by atoms with Crippen LogP contribution in [0.2, 0.25) is 0 Å². The van der Waals surface area contributed by atoms with Gasteiger partial charge in [0.15, 0.2) is 17.5 Å². The van der Waals surface area contributed by atoms with E-state index in [0.29, 0.717) is 17.7 Å². The summed E-state index contributed by atoms with van der Waals surface area (Å²) < 4.78 is 45.0. The van der Waals surface area contributed by atoms with Gasteiger partial charge in [-0.2, -0.15) is 5.10 Å². The minimum absolute atomic E-state index is 0.0819. The Morgan fingerprint density at radius 3 is 2.47 bits per heavy atom. The van der Waals surface area contributed by atoms with Crippen molar-refractivity contribution in [1.29, 1.82) is 0 Å². The molecule has 1 amide bonds. The van der Waals surface area contributed by atoms with Crippen LogP contribution < -0.4 is 0 Å². The number of amides is 1. The van der Waals surface area contributed by atoms with Crippen molar-refractivity contribution in [3.05, 3.63) is 82.8 Å². The molecular formula is C26H23F3N6O. The molecule has 1 fully saturated rings. The predicted molar refractivity (Wildman–Crippen MR) is 125 cm³/mol. The van der Waals surface area contributed by atoms with Gasteiger partial charge >= 0.3 is 0 Å². The first kappa shape index (κ1) is 22.5. The molecule has 0 saturated carbocycles. The first-order valence-electron chi connectivity index (χ1n) is 11.8. The Kier molecular flexibility index (Phi) is 5.20. The highest BCUT2D eigenvalue weighted by Gasteiger charge is 2.43. The number of aromatic nitrogens is 5. The molecule has 184 valence electrons. The molecule has 0 aliphatic carbocycles. The lowest BCUT2D eigenvalue weighted by molar-refractivity contribution is 0.0392. The Labute approximate surface area is 205 Å². The summed E-state index contributed by atoms with van der Waals surface area (Å²) >= 11 is 0. The zero-order valence-corrected chi connectivity index (χ0v) is 19.8. The lowest BCUT2D eigenvalue weighted by atomic mass is 9.81. The number of hydrogen-bond acceptors (Lipinski definition) is 4. The number of hydrogen-bond donors (Lipinski definition) is 0. The Hall–Kier alpha value is -3.95. The standard InChI is InChI=1S/C26H23F3N6O/c1-14-6-7-15(10-22(14)34-12-30-31-13-34)26(36)35-17-4-3-5-21(35)24-18(11-17)25(33(2)32-24)16-8-19(27)23(29)20(28)9-16/h6-10,12-13,17,21H,3-5,11H2,1-2H3/t17-,21+/m1/s1. The SMILES string of the molecule is Cc1ccc(C(=O)N2[C@@H]3CCC[C@H]2c2nn(C)c(-c4cc(F)c(F)c(F)c4)c2C3)cc1-n1cnnc1. The van der Waals surface area contributed by atoms with Crippen molar-refractivity contribution < 1.29 is 18.0 Å². The second-order valence-corrected chi connectivity index (χ2v) is 9.48. The van der Waals surface area contributed by atoms with Gasteiger partial charge in [-0.05, 0) is 62.4 Å². The molecule has 2 aliphatic heterocycles. The highest BCUT2D eigenvalue weighted by Crippen LogP contribution is 2.45. The van der Waals surface area contributed by atoms with Crippen LogP contribution in [0.5, 0.6) is 0 Å². The summed E-state index contributed by atoms with van der Waals surface area (Å²) in [5.41, 5.74) is 4.75. The number of piperidine rings is 1. The summed E-state index contributed by atoms with van der Waals surface area (Å²) in [6.45, 7) is 1.96. The number of rotatable bonds is 3. The van der Waals surface area contributed by atoms with E-state index in [9.17, 15) is 18.0 Å². The Bertz CT molecular complexity index is 1470. The molecule has 0 radical (unpaired) electrons. The van der Waals surface area contributed by atoms with E-state index in [-0.39, 0.29) is 23.6 Å². The summed E-state index contributed by atoms with van der Waals surface area (Å²) in [5, 5.41) is 12.4. The van der Waals surface area contributed by atoms with E-state index in [4.69, 9.17) is 5.10 Å². The second kappa shape index (κ2) is 8.32. The normalized spacial score (nSPS) is 18.9. The van der Waals surface area contributed by atoms with Gasteiger partial charge in [-0.1, -0.05) is 6.07 Å². The van der Waals surface area contributed by atoms with Crippen molar-refractivity contribution in [2.24, 2.45) is 7.05 Å². The number of benzene rings is 2. The van der Waals surface area contributed by atoms with E-state index in [1.165, 1.54) is 0 Å². The fourth-order valence-electron chi connectivity index (χ4n) is 5.70. The molecule has 2 atom stereocenters. The third-order valence-corrected chi connectivity index (χ3v) is 7.32. The summed E-state index contributed by atoms with van der Waals surface area (Å²) in [4.78, 5) is 15.8. The van der Waals surface area contributed by atoms with E-state index in [0.717, 1.165) is 53.9 Å². The summed E-state index contributed by atoms with van der Waals surface area (Å²) in [7, 11) is 1.70. The van der Waals surface area contributed by atoms with Crippen LogP contribution >= 0.6 is 0 Å². The van der Waals surface area contributed by atoms with Gasteiger partial charge in [0, 0.05) is 29.8 Å². The summed E-state index contributed by atoms with van der Waals surface area (Å²) in [6, 6.07) is 7.25. The number of carbonyl (C=O) groups is 1. The van der Waals surface area contributed by atoms with Gasteiger partial charge in [0.2, 0.25) is 0 Å². The van der Waals surface area contributed by atoms with Crippen LogP contribution in [0, 0.1) is 24.4 Å². The molecule has 2 aliphatic rings. The largest absolute Gasteiger partial charge is 0.327 e. The van der Waals surface area contributed by atoms with Crippen molar-refractivity contribution in [3.8, 4) is 16.9 Å². The van der Waals surface area contributed by atoms with Crippen LogP contribution in [0.4, 0.5) is 13.2 Å². The van der Waals surface area contributed by atoms with E-state index in [1.807, 2.05) is 30.0 Å². The quantitative estimate of drug-likeness (QED) is 0.390. The number of aryl methyl sites for hydroxylation is 2. The van der Waals surface area contributed by atoms with Crippen molar-refractivity contribution in [3.63, 3.8) is 0 Å². The Morgan fingerprint density at radius 2 is 1.75 bits per heavy atom. The third kappa shape index (κ3) is 3.42. The predicted octanol–water partition coefficient (Wildman–Crippen LogP) is 4.69. The maximum atomic E-state index is 14.0. The molecule has 7 nitrogen and oxygen atoms in total. The second-order valence-electron chi connectivity index (χ2n) is 9.48. The average Bonchev–Trinajstić information content (AvgIpc) is 3.50. The minimum atomic E-state index is -1.49. The van der Waals surface area contributed by atoms with Gasteiger partial charge in [0.1, 0.15) is 12.7 Å². The topological polar surface area (TPSA) is 68.8 Å². The van der Waals surface area contributed by atoms with Crippen LogP contribution in [0.1, 0.15) is 52.5 Å². The van der Waals surface area contributed by atoms with Gasteiger partial charge in [-0.3, -0.25) is 14.0 Å². The van der Waals surface area contributed by atoms with Crippen molar-refractivity contribution in [1.82, 2.24) is 29.4 Å². The minimum Gasteiger partial charge on any atom is -0.327 e. The highest BCUT2D eigenvalue weighted by atomic mass is 19.2. The summed E-state index contributed by atoms with van der Waals surface area (Å²) in [6.07, 6.45) is 6.19. The van der Waals surface area contributed by atoms with Gasteiger partial charge in [0.05, 0.1) is 23.1 Å². The number of fused-ring (bicyclic) bond motifs is 4. The third-order valence-electron chi connectivity index (χ3n) is 7.32. The highest BCUT2D eigenvalue weighted by molar-refractivity contribution is 5.96. The maximum Gasteiger partial charge on any atom is 0.254 e. The van der Waals surface area contributed by atoms with Gasteiger partial charge in [-0.25, -0.2) is 13.2 Å². The monoisotopic (exact) mass is 492 g/mol. The average molecular weight is 493 g/mol. The van der Waals surface area contributed by atoms with Crippen LogP contribution in [0.15, 0.2) is 43.0 Å². The lowest BCUT2D eigenvalue weighted by Crippen LogP contribution is -2.49. The molecule has 6 rings (SSSR count). The van der Waals surface area contributed by atoms with Crippen LogP contribution in [-0.4, -0.2) is 41.4 Å². The first-order chi connectivity index (χ1) is 17.3. The molecule has 2 aromatic heterocycles. The molecule has 36 heavy (non-hydrogen) atoms. The number of halogens is 3. The fraction of sp³-hybridized carbons (Fsp3) is 0.308. The zero-order chi connectivity index (χ0) is 25.1. The smallest absolute Gasteiger partial charge is 0.254 e. The number of carbonyl (C=O) groups excluding carboxylic acids is 1. The van der Waals surface area contributed by atoms with Crippen LogP contribution in [0.25, 0.3) is 16.9 Å². The van der Waals surface area contributed by atoms with Gasteiger partial charge < -0.3 is 4.90 Å². The van der Waals surface area contributed by atoms with E-state index >= 15 is 0 Å². The van der Waals surface area contributed by atoms with Gasteiger partial charge in [0.25, 0.3) is 5.91 Å². The molecule has 0 unspecified atom stereocenters. The molecule has 4 aromatic rings. The molecule has 4 heterocycles. The molecule has 10 heteroatoms. The molecule has 0 spiro atoms. The van der Waals surface area contributed by atoms with Crippen molar-refractivity contribution >= 4 is 5.91 Å². The first-order valence-corrected chi connectivity index (χ1v) is 11.8. The van der Waals surface area contributed by atoms with Crippen molar-refractivity contribution in [2.75, 3.05) is 0 Å². The zero-order valence-electron chi connectivity index (χ0n) is 19.8. The maximum absolute atomic E-state index is 14.0. The van der Waals surface area contributed by atoms with Crippen molar-refractivity contribution in [2.45, 2.75) is 44.7 Å². The molecule has 1 saturated heterocycles. The van der Waals surface area contributed by atoms with Gasteiger partial charge in [-0.15, -0.1) is 10.2 Å². The summed E-state index contributed by atoms with van der Waals surface area (Å²) in [5.74, 6) is -4.06. The van der Waals surface area contributed by atoms with Crippen LogP contribution in [0.3, 0.4) is 0 Å². The van der Waals surface area contributed by atoms with E-state index in [2.05, 4.69) is 10.2 Å². The molecular weight excluding hydrogens is 469 g/mol. The van der Waals surface area contributed by atoms with E-state index in [1.54, 1.807) is 29.0 Å². The Balaban J connectivity index is 1.41.